The van der Waals surface area contributed by atoms with Crippen LogP contribution in [0.15, 0.2) is 30.3 Å². The Morgan fingerprint density at radius 3 is 2.62 bits per heavy atom. The summed E-state index contributed by atoms with van der Waals surface area (Å²) in [5, 5.41) is 2.93. The Kier molecular flexibility index (Phi) is 5.64. The second-order valence-corrected chi connectivity index (χ2v) is 8.49. The van der Waals surface area contributed by atoms with Crippen molar-refractivity contribution in [1.29, 1.82) is 0 Å². The summed E-state index contributed by atoms with van der Waals surface area (Å²) < 4.78 is 22.6. The molecule has 0 aromatic heterocycles. The monoisotopic (exact) mass is 437 g/mol. The van der Waals surface area contributed by atoms with Gasteiger partial charge in [-0.2, -0.15) is 0 Å². The van der Waals surface area contributed by atoms with Crippen LogP contribution in [0.5, 0.6) is 23.0 Å². The number of ether oxygens (including phenoxy) is 4. The number of hydrogen-bond donors (Lipinski definition) is 1. The highest BCUT2D eigenvalue weighted by molar-refractivity contribution is 5.96. The number of benzene rings is 2. The lowest BCUT2D eigenvalue weighted by molar-refractivity contribution is -0.140. The number of fused-ring (bicyclic) bond motifs is 2. The topological polar surface area (TPSA) is 83.1 Å². The average molecular weight is 437 g/mol. The number of nitrogens with one attached hydrogen (secondary N) is 1. The van der Waals surface area contributed by atoms with Gasteiger partial charge >= 0.3 is 5.97 Å². The molecule has 7 heteroatoms. The summed E-state index contributed by atoms with van der Waals surface area (Å²) in [6.07, 6.45) is 5.38. The fraction of sp³-hybridized carbons (Fsp3) is 0.440. The molecule has 2 aromatic carbocycles. The first-order valence-electron chi connectivity index (χ1n) is 11.3. The maximum atomic E-state index is 12.7. The molecule has 7 nitrogen and oxygen atoms in total. The van der Waals surface area contributed by atoms with Gasteiger partial charge in [-0.1, -0.05) is 25.3 Å². The van der Waals surface area contributed by atoms with Gasteiger partial charge in [0, 0.05) is 24.1 Å². The first-order valence-corrected chi connectivity index (χ1v) is 11.3. The minimum absolute atomic E-state index is 0.0452. The van der Waals surface area contributed by atoms with Crippen molar-refractivity contribution in [3.8, 4) is 23.0 Å². The summed E-state index contributed by atoms with van der Waals surface area (Å²) >= 11 is 0. The van der Waals surface area contributed by atoms with E-state index < -0.39 is 0 Å². The van der Waals surface area contributed by atoms with Crippen LogP contribution in [-0.2, 0) is 9.59 Å². The van der Waals surface area contributed by atoms with Crippen molar-refractivity contribution in [2.24, 2.45) is 5.92 Å². The Hall–Kier alpha value is -3.22. The van der Waals surface area contributed by atoms with Crippen molar-refractivity contribution in [2.75, 3.05) is 18.7 Å². The number of amides is 1. The summed E-state index contributed by atoms with van der Waals surface area (Å²) in [7, 11) is 0. The molecule has 168 valence electrons. The lowest BCUT2D eigenvalue weighted by Crippen LogP contribution is -2.24. The van der Waals surface area contributed by atoms with E-state index in [1.54, 1.807) is 6.07 Å². The molecule has 1 N–H and O–H groups in total. The maximum Gasteiger partial charge on any atom is 0.314 e. The molecule has 0 spiro atoms. The standard InChI is InChI=1S/C25H27NO6/c1-2-29-21-10-16(8-9-20(21)32-25(28)15-6-4-3-5-7-15)17-12-24(27)26-19-13-23-22(11-18(17)19)30-14-31-23/h8-11,13,15,17H,2-7,12,14H2,1H3,(H,26,27). The summed E-state index contributed by atoms with van der Waals surface area (Å²) in [6.45, 7) is 2.51. The quantitative estimate of drug-likeness (QED) is 0.536. The van der Waals surface area contributed by atoms with Crippen LogP contribution in [0.3, 0.4) is 0 Å². The molecule has 1 atom stereocenters. The predicted octanol–water partition coefficient (Wildman–Crippen LogP) is 4.77. The molecule has 1 aliphatic carbocycles. The van der Waals surface area contributed by atoms with Crippen LogP contribution >= 0.6 is 0 Å². The second-order valence-electron chi connectivity index (χ2n) is 8.49. The Labute approximate surface area is 187 Å². The van der Waals surface area contributed by atoms with Crippen LogP contribution in [0.25, 0.3) is 0 Å². The van der Waals surface area contributed by atoms with Crippen LogP contribution < -0.4 is 24.3 Å². The molecule has 2 aliphatic heterocycles. The van der Waals surface area contributed by atoms with E-state index in [-0.39, 0.29) is 30.5 Å². The van der Waals surface area contributed by atoms with Crippen molar-refractivity contribution in [3.05, 3.63) is 41.5 Å². The lowest BCUT2D eigenvalue weighted by atomic mass is 9.84. The van der Waals surface area contributed by atoms with Crippen LogP contribution in [-0.4, -0.2) is 25.3 Å². The first kappa shape index (κ1) is 20.7. The molecule has 0 saturated heterocycles. The molecule has 0 radical (unpaired) electrons. The van der Waals surface area contributed by atoms with Gasteiger partial charge in [-0.3, -0.25) is 9.59 Å². The van der Waals surface area contributed by atoms with Crippen molar-refractivity contribution in [3.63, 3.8) is 0 Å². The van der Waals surface area contributed by atoms with Gasteiger partial charge < -0.3 is 24.3 Å². The zero-order valence-corrected chi connectivity index (χ0v) is 18.1. The third-order valence-corrected chi connectivity index (χ3v) is 6.40. The van der Waals surface area contributed by atoms with E-state index >= 15 is 0 Å². The van der Waals surface area contributed by atoms with E-state index in [9.17, 15) is 9.59 Å². The zero-order chi connectivity index (χ0) is 22.1. The fourth-order valence-corrected chi connectivity index (χ4v) is 4.77. The van der Waals surface area contributed by atoms with Crippen molar-refractivity contribution in [2.45, 2.75) is 51.4 Å². The number of carbonyl (C=O) groups is 2. The first-order chi connectivity index (χ1) is 15.6. The van der Waals surface area contributed by atoms with Gasteiger partial charge in [-0.25, -0.2) is 0 Å². The maximum absolute atomic E-state index is 12.7. The number of hydrogen-bond acceptors (Lipinski definition) is 6. The SMILES string of the molecule is CCOc1cc(C2CC(=O)Nc3cc4c(cc32)OCO4)ccc1OC(=O)C1CCCCC1. The molecule has 1 amide bonds. The highest BCUT2D eigenvalue weighted by atomic mass is 16.7. The van der Waals surface area contributed by atoms with E-state index in [1.165, 1.54) is 6.42 Å². The smallest absolute Gasteiger partial charge is 0.314 e. The van der Waals surface area contributed by atoms with E-state index in [2.05, 4.69) is 5.32 Å². The number of rotatable bonds is 5. The Balaban J connectivity index is 1.45. The minimum Gasteiger partial charge on any atom is -0.490 e. The molecule has 2 heterocycles. The van der Waals surface area contributed by atoms with Crippen LogP contribution in [0.4, 0.5) is 5.69 Å². The molecular formula is C25H27NO6. The Morgan fingerprint density at radius 1 is 1.06 bits per heavy atom. The van der Waals surface area contributed by atoms with Gasteiger partial charge in [-0.05, 0) is 49.1 Å². The van der Waals surface area contributed by atoms with Crippen molar-refractivity contribution >= 4 is 17.6 Å². The van der Waals surface area contributed by atoms with Gasteiger partial charge in [0.2, 0.25) is 12.7 Å². The molecule has 0 bridgehead atoms. The lowest BCUT2D eigenvalue weighted by Gasteiger charge is -2.27. The molecular weight excluding hydrogens is 410 g/mol. The van der Waals surface area contributed by atoms with E-state index in [0.29, 0.717) is 36.0 Å². The predicted molar refractivity (Wildman–Crippen MR) is 117 cm³/mol. The third-order valence-electron chi connectivity index (χ3n) is 6.40. The van der Waals surface area contributed by atoms with E-state index in [1.807, 2.05) is 31.2 Å². The normalized spacial score (nSPS) is 19.8. The molecule has 2 aromatic rings. The fourth-order valence-electron chi connectivity index (χ4n) is 4.77. The van der Waals surface area contributed by atoms with Gasteiger partial charge in [0.25, 0.3) is 0 Å². The summed E-state index contributed by atoms with van der Waals surface area (Å²) in [5.74, 6) is 1.78. The minimum atomic E-state index is -0.187. The van der Waals surface area contributed by atoms with Crippen LogP contribution in [0.2, 0.25) is 0 Å². The van der Waals surface area contributed by atoms with Gasteiger partial charge in [0.15, 0.2) is 23.0 Å². The van der Waals surface area contributed by atoms with Gasteiger partial charge in [-0.15, -0.1) is 0 Å². The molecule has 3 aliphatic rings. The molecule has 5 rings (SSSR count). The van der Waals surface area contributed by atoms with Gasteiger partial charge in [0.05, 0.1) is 12.5 Å². The zero-order valence-electron chi connectivity index (χ0n) is 18.1. The summed E-state index contributed by atoms with van der Waals surface area (Å²) in [6, 6.07) is 9.30. The van der Waals surface area contributed by atoms with Crippen LogP contribution in [0.1, 0.15) is 62.5 Å². The Morgan fingerprint density at radius 2 is 1.84 bits per heavy atom. The number of anilines is 1. The molecule has 32 heavy (non-hydrogen) atoms. The second kappa shape index (κ2) is 8.73. The third kappa shape index (κ3) is 3.99. The molecule has 1 saturated carbocycles. The Bertz CT molecular complexity index is 1040. The highest BCUT2D eigenvalue weighted by Crippen LogP contribution is 2.46. The summed E-state index contributed by atoms with van der Waals surface area (Å²) in [4.78, 5) is 25.1. The van der Waals surface area contributed by atoms with E-state index in [0.717, 1.165) is 42.5 Å². The summed E-state index contributed by atoms with van der Waals surface area (Å²) in [5.41, 5.74) is 2.60. The van der Waals surface area contributed by atoms with Crippen LogP contribution in [0, 0.1) is 5.92 Å². The number of carbonyl (C=O) groups excluding carboxylic acids is 2. The van der Waals surface area contributed by atoms with Crippen molar-refractivity contribution < 1.29 is 28.5 Å². The average Bonchev–Trinajstić information content (AvgIpc) is 3.26. The molecule has 1 unspecified atom stereocenters. The van der Waals surface area contributed by atoms with E-state index in [4.69, 9.17) is 18.9 Å². The van der Waals surface area contributed by atoms with Gasteiger partial charge in [0.1, 0.15) is 0 Å². The molecule has 1 fully saturated rings. The highest BCUT2D eigenvalue weighted by Gasteiger charge is 2.31. The largest absolute Gasteiger partial charge is 0.490 e. The number of esters is 1. The van der Waals surface area contributed by atoms with Crippen molar-refractivity contribution in [1.82, 2.24) is 0 Å².